The number of quaternary nitrogens is 1. The Kier molecular flexibility index (Phi) is 10.4. The van der Waals surface area contributed by atoms with Crippen molar-refractivity contribution in [3.05, 3.63) is 5.21 Å². The number of halogens is 3. The molecule has 0 amide bonds. The van der Waals surface area contributed by atoms with Gasteiger partial charge in [0.15, 0.2) is 0 Å². The second kappa shape index (κ2) is 10.5. The standard InChI is InChI=1S/C14H35I3N6O/c1-9-13(3,4)17-15-21(12-19-8)22(23(17)24)16-20(11-18-7)14(5,6)10-2/h18-19,23H,9-12H2,1-8H3/q-2. The fourth-order valence-electron chi connectivity index (χ4n) is 1.72. The summed E-state index contributed by atoms with van der Waals surface area (Å²) in [6.45, 7) is 15.3. The van der Waals surface area contributed by atoms with Crippen LogP contribution in [0.5, 0.6) is 0 Å². The second-order valence-corrected chi connectivity index (χ2v) is 24.0. The van der Waals surface area contributed by atoms with E-state index in [9.17, 15) is 5.21 Å². The number of hydrogen-bond acceptors (Lipinski definition) is 6. The van der Waals surface area contributed by atoms with E-state index in [0.29, 0.717) is 3.39 Å². The molecule has 0 aliphatic carbocycles. The average molecular weight is 684 g/mol. The first-order chi connectivity index (χ1) is 11.1. The van der Waals surface area contributed by atoms with Gasteiger partial charge < -0.3 is 0 Å². The molecule has 3 N–H and O–H groups in total. The Morgan fingerprint density at radius 1 is 1.17 bits per heavy atom. The first-order valence-corrected chi connectivity index (χ1v) is 19.7. The topological polar surface area (TPSA) is 61.3 Å². The molecule has 7 nitrogen and oxygen atoms in total. The summed E-state index contributed by atoms with van der Waals surface area (Å²) >= 11 is -2.30. The molecular formula is C14H35I3N6O-2. The van der Waals surface area contributed by atoms with Crippen LogP contribution in [0.2, 0.25) is 0 Å². The predicted octanol–water partition coefficient (Wildman–Crippen LogP) is -4.89. The van der Waals surface area contributed by atoms with Crippen LogP contribution in [-0.4, -0.2) is 46.1 Å². The maximum absolute atomic E-state index is 13.3. The van der Waals surface area contributed by atoms with E-state index in [1.54, 1.807) is 0 Å². The van der Waals surface area contributed by atoms with Crippen LogP contribution >= 0.6 is 16.1 Å². The van der Waals surface area contributed by atoms with Crippen molar-refractivity contribution >= 4 is 16.1 Å². The normalized spacial score (nSPS) is 23.2. The van der Waals surface area contributed by atoms with Crippen molar-refractivity contribution in [2.75, 3.05) is 27.4 Å². The minimum atomic E-state index is -1.61. The van der Waals surface area contributed by atoms with Gasteiger partial charge in [-0.15, -0.1) is 0 Å². The molecule has 1 unspecified atom stereocenters. The van der Waals surface area contributed by atoms with Gasteiger partial charge in [0.2, 0.25) is 0 Å². The number of nitrogens with one attached hydrogen (secondary N) is 3. The first kappa shape index (κ1) is 23.9. The fraction of sp³-hybridized carbons (Fsp3) is 1.00. The van der Waals surface area contributed by atoms with Gasteiger partial charge >= 0.3 is 175 Å². The van der Waals surface area contributed by atoms with Crippen molar-refractivity contribution in [3.63, 3.8) is 0 Å². The van der Waals surface area contributed by atoms with E-state index in [1.807, 2.05) is 14.1 Å². The van der Waals surface area contributed by atoms with Crippen LogP contribution in [0.25, 0.3) is 0 Å². The predicted molar refractivity (Wildman–Crippen MR) is 100 cm³/mol. The van der Waals surface area contributed by atoms with Crippen LogP contribution in [-0.2, 0) is 0 Å². The van der Waals surface area contributed by atoms with Crippen LogP contribution in [0.3, 0.4) is 0 Å². The minimum absolute atomic E-state index is 0.113. The number of hydrazine groups is 1. The molecule has 24 heavy (non-hydrogen) atoms. The molecule has 1 fully saturated rings. The summed E-state index contributed by atoms with van der Waals surface area (Å²) in [5.74, 6) is 0. The van der Waals surface area contributed by atoms with Crippen LogP contribution in [0.1, 0.15) is 54.4 Å². The molecule has 1 saturated heterocycles. The fourth-order valence-corrected chi connectivity index (χ4v) is 28.5. The second-order valence-electron chi connectivity index (χ2n) is 6.85. The van der Waals surface area contributed by atoms with E-state index >= 15 is 0 Å². The van der Waals surface area contributed by atoms with Gasteiger partial charge in [-0.1, -0.05) is 0 Å². The van der Waals surface area contributed by atoms with E-state index in [0.717, 1.165) is 26.2 Å². The van der Waals surface area contributed by atoms with E-state index in [2.05, 4.69) is 61.8 Å². The Hall–Kier alpha value is 1.91. The van der Waals surface area contributed by atoms with Crippen molar-refractivity contribution in [1.29, 1.82) is 0 Å². The summed E-state index contributed by atoms with van der Waals surface area (Å²) in [6.07, 6.45) is 2.20. The summed E-state index contributed by atoms with van der Waals surface area (Å²) in [5, 5.41) is 19.9. The molecule has 150 valence electrons. The van der Waals surface area contributed by atoms with E-state index in [1.165, 1.54) is 0 Å². The van der Waals surface area contributed by atoms with Crippen LogP contribution in [0, 0.1) is 5.21 Å². The first-order valence-electron chi connectivity index (χ1n) is 8.34. The molecule has 1 atom stereocenters. The molecule has 10 heteroatoms. The quantitative estimate of drug-likeness (QED) is 0.0707. The number of alkyl halides is 1. The number of hydrogen-bond donors (Lipinski definition) is 3. The van der Waals surface area contributed by atoms with Gasteiger partial charge in [0, 0.05) is 0 Å². The van der Waals surface area contributed by atoms with Gasteiger partial charge in [-0.05, 0) is 0 Å². The molecule has 1 rings (SSSR count). The molecule has 0 spiro atoms. The third-order valence-corrected chi connectivity index (χ3v) is 30.6. The average Bonchev–Trinajstić information content (AvgIpc) is 2.84. The zero-order valence-corrected chi connectivity index (χ0v) is 22.7. The molecular weight excluding hydrogens is 649 g/mol. The van der Waals surface area contributed by atoms with Gasteiger partial charge in [0.25, 0.3) is 0 Å². The Labute approximate surface area is 173 Å². The monoisotopic (exact) mass is 684 g/mol. The van der Waals surface area contributed by atoms with Crippen LogP contribution < -0.4 is 53.3 Å². The van der Waals surface area contributed by atoms with Crippen molar-refractivity contribution < 1.29 is 42.6 Å². The third-order valence-electron chi connectivity index (χ3n) is 4.18. The third kappa shape index (κ3) is 5.95. The zero-order chi connectivity index (χ0) is 18.5. The molecule has 0 aromatic carbocycles. The SMILES string of the molecule is CCC(C)(C)N(CNC)[I-]N1N(CNC)[I-]I(C(C)(C)CC)[NH+]1[O-]. The van der Waals surface area contributed by atoms with Gasteiger partial charge in [0.1, 0.15) is 0 Å². The van der Waals surface area contributed by atoms with Gasteiger partial charge in [-0.3, -0.25) is 0 Å². The van der Waals surface area contributed by atoms with E-state index in [-0.39, 0.29) is 26.5 Å². The Morgan fingerprint density at radius 2 is 1.79 bits per heavy atom. The van der Waals surface area contributed by atoms with Crippen LogP contribution in [0.15, 0.2) is 0 Å². The van der Waals surface area contributed by atoms with Crippen molar-refractivity contribution in [1.82, 2.24) is 20.3 Å². The van der Waals surface area contributed by atoms with Crippen molar-refractivity contribution in [2.45, 2.75) is 63.3 Å². The summed E-state index contributed by atoms with van der Waals surface area (Å²) in [4.78, 5) is 0. The van der Waals surface area contributed by atoms with Gasteiger partial charge in [-0.2, -0.15) is 0 Å². The molecule has 0 radical (unpaired) electrons. The van der Waals surface area contributed by atoms with E-state index in [4.69, 9.17) is 0 Å². The van der Waals surface area contributed by atoms with Crippen molar-refractivity contribution in [3.8, 4) is 0 Å². The maximum atomic E-state index is 13.3. The molecule has 0 aromatic heterocycles. The summed E-state index contributed by atoms with van der Waals surface area (Å²) in [6, 6.07) is 0. The van der Waals surface area contributed by atoms with Crippen LogP contribution in [0.4, 0.5) is 0 Å². The molecule has 1 aliphatic heterocycles. The number of nitrogens with zero attached hydrogens (tertiary/aromatic N) is 3. The Balaban J connectivity index is 2.99. The molecule has 1 aliphatic rings. The summed E-state index contributed by atoms with van der Waals surface area (Å²) in [7, 11) is 3.97. The van der Waals surface area contributed by atoms with Gasteiger partial charge in [-0.25, -0.2) is 0 Å². The molecule has 1 heterocycles. The molecule has 0 bridgehead atoms. The Morgan fingerprint density at radius 3 is 2.25 bits per heavy atom. The zero-order valence-electron chi connectivity index (χ0n) is 16.2. The Bertz CT molecular complexity index is 388. The molecule has 0 aromatic rings. The van der Waals surface area contributed by atoms with Gasteiger partial charge in [0.05, 0.1) is 0 Å². The molecule has 0 saturated carbocycles. The summed E-state index contributed by atoms with van der Waals surface area (Å²) in [5.41, 5.74) is 0.113. The summed E-state index contributed by atoms with van der Waals surface area (Å²) < 4.78 is 7.82. The van der Waals surface area contributed by atoms with Crippen molar-refractivity contribution in [2.24, 2.45) is 0 Å². The van der Waals surface area contributed by atoms with E-state index < -0.39 is 37.9 Å². The number of rotatable bonds is 10.